The number of aryl methyl sites for hydroxylation is 3. The van der Waals surface area contributed by atoms with E-state index in [1.54, 1.807) is 11.3 Å². The molecular formula is C17H16N4OS. The molecule has 0 saturated carbocycles. The van der Waals surface area contributed by atoms with Gasteiger partial charge in [0.1, 0.15) is 11.6 Å². The van der Waals surface area contributed by atoms with E-state index in [-0.39, 0.29) is 0 Å². The highest BCUT2D eigenvalue weighted by atomic mass is 32.1. The van der Waals surface area contributed by atoms with Crippen LogP contribution in [0.5, 0.6) is 0 Å². The Morgan fingerprint density at radius 2 is 2.13 bits per heavy atom. The summed E-state index contributed by atoms with van der Waals surface area (Å²) in [6, 6.07) is 6.34. The van der Waals surface area contributed by atoms with Crippen LogP contribution in [0.1, 0.15) is 22.2 Å². The zero-order valence-corrected chi connectivity index (χ0v) is 14.0. The number of pyridine rings is 1. The van der Waals surface area contributed by atoms with Gasteiger partial charge >= 0.3 is 0 Å². The van der Waals surface area contributed by atoms with Crippen LogP contribution in [0.4, 0.5) is 0 Å². The Hall–Kier alpha value is -2.47. The first kappa shape index (κ1) is 14.1. The maximum atomic E-state index is 5.28. The smallest absolute Gasteiger partial charge is 0.177 e. The lowest BCUT2D eigenvalue weighted by Crippen LogP contribution is -2.00. The van der Waals surface area contributed by atoms with Gasteiger partial charge in [0.25, 0.3) is 0 Å². The summed E-state index contributed by atoms with van der Waals surface area (Å²) in [6.07, 6.45) is 1.84. The number of aromatic nitrogens is 4. The molecule has 0 N–H and O–H groups in total. The molecule has 0 atom stereocenters. The molecule has 0 aliphatic rings. The third kappa shape index (κ3) is 2.35. The second-order valence-corrected chi connectivity index (χ2v) is 6.62. The average molecular weight is 324 g/mol. The lowest BCUT2D eigenvalue weighted by atomic mass is 10.1. The van der Waals surface area contributed by atoms with E-state index >= 15 is 0 Å². The minimum Gasteiger partial charge on any atom is -0.361 e. The maximum absolute atomic E-state index is 5.28. The van der Waals surface area contributed by atoms with Crippen LogP contribution in [0.25, 0.3) is 22.3 Å². The number of fused-ring (bicyclic) bond motifs is 1. The van der Waals surface area contributed by atoms with Gasteiger partial charge in [0, 0.05) is 22.2 Å². The standard InChI is InChI=1S/C17H16N4OS/c1-10-16(11(2)22-20-10)13-7-15-17(18-8-13)19-12(3)21(15)9-14-5-4-6-23-14/h4-8H,9H2,1-3H3. The van der Waals surface area contributed by atoms with Crippen molar-refractivity contribution in [1.82, 2.24) is 19.7 Å². The summed E-state index contributed by atoms with van der Waals surface area (Å²) in [5.41, 5.74) is 4.72. The minimum absolute atomic E-state index is 0.773. The second kappa shape index (κ2) is 5.31. The van der Waals surface area contributed by atoms with Crippen molar-refractivity contribution < 1.29 is 4.52 Å². The number of hydrogen-bond acceptors (Lipinski definition) is 5. The van der Waals surface area contributed by atoms with Crippen LogP contribution in [0, 0.1) is 20.8 Å². The highest BCUT2D eigenvalue weighted by molar-refractivity contribution is 7.09. The summed E-state index contributed by atoms with van der Waals surface area (Å²) in [4.78, 5) is 10.4. The molecule has 0 fully saturated rings. The van der Waals surface area contributed by atoms with E-state index in [9.17, 15) is 0 Å². The van der Waals surface area contributed by atoms with Crippen molar-refractivity contribution in [1.29, 1.82) is 0 Å². The number of thiophene rings is 1. The van der Waals surface area contributed by atoms with Crippen LogP contribution < -0.4 is 0 Å². The van der Waals surface area contributed by atoms with Crippen molar-refractivity contribution in [2.24, 2.45) is 0 Å². The summed E-state index contributed by atoms with van der Waals surface area (Å²) in [5, 5.41) is 6.13. The molecule has 6 heteroatoms. The van der Waals surface area contributed by atoms with Crippen LogP contribution in [0.2, 0.25) is 0 Å². The highest BCUT2D eigenvalue weighted by Crippen LogP contribution is 2.29. The first-order valence-electron chi connectivity index (χ1n) is 7.42. The summed E-state index contributed by atoms with van der Waals surface area (Å²) in [5.74, 6) is 1.78. The minimum atomic E-state index is 0.773. The Bertz CT molecular complexity index is 962. The first-order chi connectivity index (χ1) is 11.1. The molecule has 4 rings (SSSR count). The summed E-state index contributed by atoms with van der Waals surface area (Å²) in [6.45, 7) is 6.70. The fourth-order valence-corrected chi connectivity index (χ4v) is 3.60. The van der Waals surface area contributed by atoms with E-state index in [2.05, 4.69) is 43.3 Å². The molecule has 116 valence electrons. The van der Waals surface area contributed by atoms with Gasteiger partial charge in [-0.25, -0.2) is 9.97 Å². The molecule has 0 unspecified atom stereocenters. The molecule has 5 nitrogen and oxygen atoms in total. The lowest BCUT2D eigenvalue weighted by molar-refractivity contribution is 0.393. The van der Waals surface area contributed by atoms with E-state index in [0.717, 1.165) is 46.1 Å². The monoisotopic (exact) mass is 324 g/mol. The van der Waals surface area contributed by atoms with Crippen molar-refractivity contribution in [2.75, 3.05) is 0 Å². The van der Waals surface area contributed by atoms with Crippen LogP contribution >= 0.6 is 11.3 Å². The topological polar surface area (TPSA) is 56.7 Å². The van der Waals surface area contributed by atoms with Crippen LogP contribution in [-0.4, -0.2) is 19.7 Å². The SMILES string of the molecule is Cc1noc(C)c1-c1cnc2nc(C)n(Cc3cccs3)c2c1. The van der Waals surface area contributed by atoms with E-state index in [1.165, 1.54) is 4.88 Å². The average Bonchev–Trinajstić information content (AvgIpc) is 3.22. The van der Waals surface area contributed by atoms with Gasteiger partial charge in [-0.1, -0.05) is 11.2 Å². The Morgan fingerprint density at radius 3 is 2.83 bits per heavy atom. The van der Waals surface area contributed by atoms with Gasteiger partial charge in [0.05, 0.1) is 17.8 Å². The predicted molar refractivity (Wildman–Crippen MR) is 90.7 cm³/mol. The van der Waals surface area contributed by atoms with Gasteiger partial charge in [-0.3, -0.25) is 0 Å². The van der Waals surface area contributed by atoms with E-state index in [1.807, 2.05) is 27.0 Å². The Morgan fingerprint density at radius 1 is 1.26 bits per heavy atom. The van der Waals surface area contributed by atoms with Crippen molar-refractivity contribution in [3.05, 3.63) is 51.9 Å². The number of nitrogens with zero attached hydrogens (tertiary/aromatic N) is 4. The molecule has 0 radical (unpaired) electrons. The van der Waals surface area contributed by atoms with Crippen LogP contribution in [0.15, 0.2) is 34.3 Å². The Kier molecular flexibility index (Phi) is 3.27. The van der Waals surface area contributed by atoms with Gasteiger partial charge in [-0.05, 0) is 38.3 Å². The van der Waals surface area contributed by atoms with Gasteiger partial charge in [0.15, 0.2) is 5.65 Å². The molecule has 0 bridgehead atoms. The number of hydrogen-bond donors (Lipinski definition) is 0. The van der Waals surface area contributed by atoms with Crippen LogP contribution in [-0.2, 0) is 6.54 Å². The molecule has 0 aliphatic carbocycles. The van der Waals surface area contributed by atoms with E-state index < -0.39 is 0 Å². The third-order valence-electron chi connectivity index (χ3n) is 4.01. The highest BCUT2D eigenvalue weighted by Gasteiger charge is 2.15. The second-order valence-electron chi connectivity index (χ2n) is 5.59. The third-order valence-corrected chi connectivity index (χ3v) is 4.87. The number of rotatable bonds is 3. The first-order valence-corrected chi connectivity index (χ1v) is 8.30. The number of imidazole rings is 1. The zero-order chi connectivity index (χ0) is 16.0. The van der Waals surface area contributed by atoms with Gasteiger partial charge in [0.2, 0.25) is 0 Å². The zero-order valence-electron chi connectivity index (χ0n) is 13.2. The fraction of sp³-hybridized carbons (Fsp3) is 0.235. The lowest BCUT2D eigenvalue weighted by Gasteiger charge is -2.06. The normalized spacial score (nSPS) is 11.4. The Balaban J connectivity index is 1.87. The molecule has 4 aromatic heterocycles. The van der Waals surface area contributed by atoms with Crippen LogP contribution in [0.3, 0.4) is 0 Å². The van der Waals surface area contributed by atoms with Crippen molar-refractivity contribution >= 4 is 22.5 Å². The van der Waals surface area contributed by atoms with Crippen molar-refractivity contribution in [3.63, 3.8) is 0 Å². The molecule has 0 amide bonds. The molecule has 0 saturated heterocycles. The summed E-state index contributed by atoms with van der Waals surface area (Å²) < 4.78 is 7.49. The molecule has 0 aliphatic heterocycles. The predicted octanol–water partition coefficient (Wildman–Crippen LogP) is 4.12. The molecule has 0 spiro atoms. The van der Waals surface area contributed by atoms with Gasteiger partial charge < -0.3 is 9.09 Å². The quantitative estimate of drug-likeness (QED) is 0.569. The van der Waals surface area contributed by atoms with E-state index in [4.69, 9.17) is 4.52 Å². The fourth-order valence-electron chi connectivity index (χ4n) is 2.91. The van der Waals surface area contributed by atoms with Crippen molar-refractivity contribution in [2.45, 2.75) is 27.3 Å². The van der Waals surface area contributed by atoms with Gasteiger partial charge in [-0.2, -0.15) is 0 Å². The molecular weight excluding hydrogens is 308 g/mol. The summed E-state index contributed by atoms with van der Waals surface area (Å²) in [7, 11) is 0. The Labute approximate surface area is 137 Å². The molecule has 4 aromatic rings. The largest absolute Gasteiger partial charge is 0.361 e. The van der Waals surface area contributed by atoms with Gasteiger partial charge in [-0.15, -0.1) is 11.3 Å². The maximum Gasteiger partial charge on any atom is 0.177 e. The van der Waals surface area contributed by atoms with Crippen molar-refractivity contribution in [3.8, 4) is 11.1 Å². The molecule has 4 heterocycles. The van der Waals surface area contributed by atoms with E-state index in [0.29, 0.717) is 0 Å². The summed E-state index contributed by atoms with van der Waals surface area (Å²) >= 11 is 1.75. The molecule has 23 heavy (non-hydrogen) atoms. The molecule has 0 aromatic carbocycles.